The SMILES string of the molecule is CC(C)=[CH][Mn].I. The second-order valence-electron chi connectivity index (χ2n) is 1.19. The van der Waals surface area contributed by atoms with Crippen LogP contribution in [-0.4, -0.2) is 0 Å². The molecule has 6 heavy (non-hydrogen) atoms. The Labute approximate surface area is 64.2 Å². The van der Waals surface area contributed by atoms with Crippen molar-refractivity contribution < 1.29 is 16.0 Å². The van der Waals surface area contributed by atoms with Crippen LogP contribution in [0.25, 0.3) is 0 Å². The molecule has 0 N–H and O–H groups in total. The summed E-state index contributed by atoms with van der Waals surface area (Å²) in [4.78, 5) is 1.90. The standard InChI is InChI=1S/C4H7.HI.Mn/c1-4(2)3;;/h1H,2-3H3;1H;. The smallest absolute Gasteiger partial charge is 0.107 e. The van der Waals surface area contributed by atoms with Gasteiger partial charge in [-0.25, -0.2) is 0 Å². The van der Waals surface area contributed by atoms with E-state index in [1.165, 1.54) is 5.57 Å². The molecule has 0 aromatic rings. The van der Waals surface area contributed by atoms with Gasteiger partial charge in [0.15, 0.2) is 0 Å². The fourth-order valence-electron chi connectivity index (χ4n) is 0. The maximum absolute atomic E-state index is 3.15. The number of halogens is 1. The summed E-state index contributed by atoms with van der Waals surface area (Å²) in [5.41, 5.74) is 1.30. The molecule has 0 aliphatic heterocycles. The fourth-order valence-corrected chi connectivity index (χ4v) is 0. The van der Waals surface area contributed by atoms with E-state index in [4.69, 9.17) is 0 Å². The first-order valence-corrected chi connectivity index (χ1v) is 2.19. The molecule has 0 aromatic carbocycles. The predicted molar refractivity (Wildman–Crippen MR) is 34.8 cm³/mol. The Balaban J connectivity index is 0. The van der Waals surface area contributed by atoms with Crippen LogP contribution in [0.1, 0.15) is 13.8 Å². The molecule has 0 saturated heterocycles. The minimum atomic E-state index is 0. The van der Waals surface area contributed by atoms with Gasteiger partial charge in [-0.15, -0.1) is 24.0 Å². The van der Waals surface area contributed by atoms with E-state index in [1.807, 2.05) is 18.8 Å². The molecule has 0 amide bonds. The molecule has 0 nitrogen and oxygen atoms in total. The second-order valence-corrected chi connectivity index (χ2v) is 1.53. The van der Waals surface area contributed by atoms with Gasteiger partial charge in [0, 0.05) is 0 Å². The van der Waals surface area contributed by atoms with Crippen LogP contribution in [0.3, 0.4) is 0 Å². The van der Waals surface area contributed by atoms with Crippen molar-refractivity contribution in [1.82, 2.24) is 0 Å². The molecule has 0 unspecified atom stereocenters. The Bertz CT molecular complexity index is 45.5. The Morgan fingerprint density at radius 2 is 1.67 bits per heavy atom. The zero-order chi connectivity index (χ0) is 4.28. The molecule has 0 atom stereocenters. The van der Waals surface area contributed by atoms with Crippen molar-refractivity contribution in [3.05, 3.63) is 10.5 Å². The zero-order valence-corrected chi connectivity index (χ0v) is 7.37. The first-order chi connectivity index (χ1) is 2.27. The third-order valence-corrected chi connectivity index (χ3v) is 0.900. The molecule has 0 heterocycles. The van der Waals surface area contributed by atoms with Gasteiger partial charge in [-0.2, -0.15) is 0 Å². The van der Waals surface area contributed by atoms with E-state index in [-0.39, 0.29) is 24.0 Å². The summed E-state index contributed by atoms with van der Waals surface area (Å²) in [5, 5.41) is 0. The van der Waals surface area contributed by atoms with Gasteiger partial charge in [-0.05, 0) is 0 Å². The largest absolute Gasteiger partial charge is 0.107 e. The van der Waals surface area contributed by atoms with Crippen LogP contribution >= 0.6 is 24.0 Å². The molecular formula is C4H8IMn. The molecule has 0 fully saturated rings. The molecule has 0 spiro atoms. The summed E-state index contributed by atoms with van der Waals surface area (Å²) in [6.45, 7) is 4.07. The predicted octanol–water partition coefficient (Wildman–Crippen LogP) is 2.07. The second kappa shape index (κ2) is 5.99. The van der Waals surface area contributed by atoms with Crippen LogP contribution < -0.4 is 0 Å². The van der Waals surface area contributed by atoms with Gasteiger partial charge in [0.25, 0.3) is 0 Å². The van der Waals surface area contributed by atoms with E-state index in [0.29, 0.717) is 0 Å². The normalized spacial score (nSPS) is 5.83. The first kappa shape index (κ1) is 10.1. The number of hydrogen-bond acceptors (Lipinski definition) is 0. The molecule has 0 aromatic heterocycles. The summed E-state index contributed by atoms with van der Waals surface area (Å²) in [6, 6.07) is 0. The van der Waals surface area contributed by atoms with Gasteiger partial charge in [0.05, 0.1) is 0 Å². The third-order valence-electron chi connectivity index (χ3n) is 0.218. The van der Waals surface area contributed by atoms with Gasteiger partial charge >= 0.3 is 40.4 Å². The van der Waals surface area contributed by atoms with Gasteiger partial charge in [0.1, 0.15) is 0 Å². The molecule has 0 bridgehead atoms. The summed E-state index contributed by atoms with van der Waals surface area (Å²) in [6.07, 6.45) is 0. The molecule has 2 heteroatoms. The first-order valence-electron chi connectivity index (χ1n) is 1.51. The van der Waals surface area contributed by atoms with Gasteiger partial charge in [-0.3, -0.25) is 0 Å². The van der Waals surface area contributed by atoms with Gasteiger partial charge < -0.3 is 0 Å². The minimum Gasteiger partial charge on any atom is -0.107 e. The summed E-state index contributed by atoms with van der Waals surface area (Å²) < 4.78 is 0. The monoisotopic (exact) mass is 238 g/mol. The number of allylic oxidation sites excluding steroid dienone is 1. The average Bonchev–Trinajstić information content (AvgIpc) is 1.38. The minimum absolute atomic E-state index is 0. The Morgan fingerprint density at radius 1 is 1.50 bits per heavy atom. The van der Waals surface area contributed by atoms with E-state index in [1.54, 1.807) is 0 Å². The van der Waals surface area contributed by atoms with Crippen molar-refractivity contribution in [3.8, 4) is 0 Å². The summed E-state index contributed by atoms with van der Waals surface area (Å²) >= 11 is 3.15. The molecule has 38 valence electrons. The quantitative estimate of drug-likeness (QED) is 0.447. The van der Waals surface area contributed by atoms with Gasteiger partial charge in [-0.1, -0.05) is 0 Å². The fraction of sp³-hybridized carbons (Fsp3) is 0.500. The van der Waals surface area contributed by atoms with Crippen LogP contribution in [0.15, 0.2) is 10.5 Å². The maximum Gasteiger partial charge on any atom is -0.107 e. The van der Waals surface area contributed by atoms with Crippen LogP contribution in [-0.2, 0) is 16.0 Å². The van der Waals surface area contributed by atoms with Crippen LogP contribution in [0.2, 0.25) is 0 Å². The van der Waals surface area contributed by atoms with Crippen LogP contribution in [0.5, 0.6) is 0 Å². The Kier molecular flexibility index (Phi) is 10.1. The topological polar surface area (TPSA) is 0 Å². The van der Waals surface area contributed by atoms with Crippen molar-refractivity contribution in [3.63, 3.8) is 0 Å². The maximum atomic E-state index is 3.15. The Morgan fingerprint density at radius 3 is 1.67 bits per heavy atom. The van der Waals surface area contributed by atoms with E-state index in [2.05, 4.69) is 16.0 Å². The molecular weight excluding hydrogens is 230 g/mol. The molecule has 0 radical (unpaired) electrons. The molecule has 0 rings (SSSR count). The molecule has 0 aliphatic carbocycles. The van der Waals surface area contributed by atoms with Crippen LogP contribution in [0.4, 0.5) is 0 Å². The van der Waals surface area contributed by atoms with Gasteiger partial charge in [0.2, 0.25) is 0 Å². The third kappa shape index (κ3) is 8.89. The average molecular weight is 238 g/mol. The van der Waals surface area contributed by atoms with Crippen LogP contribution in [0, 0.1) is 0 Å². The van der Waals surface area contributed by atoms with E-state index in [0.717, 1.165) is 0 Å². The Hall–Kier alpha value is 0.989. The molecule has 0 aliphatic rings. The van der Waals surface area contributed by atoms with Crippen molar-refractivity contribution in [2.45, 2.75) is 13.8 Å². The number of rotatable bonds is 0. The summed E-state index contributed by atoms with van der Waals surface area (Å²) in [7, 11) is 0. The van der Waals surface area contributed by atoms with E-state index < -0.39 is 0 Å². The van der Waals surface area contributed by atoms with E-state index >= 15 is 0 Å². The van der Waals surface area contributed by atoms with Crippen molar-refractivity contribution in [2.24, 2.45) is 0 Å². The number of hydrogen-bond donors (Lipinski definition) is 0. The van der Waals surface area contributed by atoms with E-state index in [9.17, 15) is 0 Å². The zero-order valence-electron chi connectivity index (χ0n) is 3.86. The molecule has 0 saturated carbocycles. The van der Waals surface area contributed by atoms with Crippen molar-refractivity contribution >= 4 is 24.0 Å². The van der Waals surface area contributed by atoms with Crippen molar-refractivity contribution in [2.75, 3.05) is 0 Å². The van der Waals surface area contributed by atoms with Crippen molar-refractivity contribution in [1.29, 1.82) is 0 Å². The summed E-state index contributed by atoms with van der Waals surface area (Å²) in [5.74, 6) is 0.